The number of amides is 1. The van der Waals surface area contributed by atoms with Gasteiger partial charge in [0.25, 0.3) is 5.91 Å². The van der Waals surface area contributed by atoms with Gasteiger partial charge in [-0.15, -0.1) is 0 Å². The number of rotatable bonds is 6. The van der Waals surface area contributed by atoms with Crippen molar-refractivity contribution in [2.45, 2.75) is 26.4 Å². The lowest BCUT2D eigenvalue weighted by Crippen LogP contribution is -2.34. The van der Waals surface area contributed by atoms with Crippen LogP contribution in [0, 0.1) is 13.8 Å². The molecule has 1 atom stereocenters. The molecule has 0 saturated heterocycles. The number of pyridine rings is 1. The van der Waals surface area contributed by atoms with E-state index in [4.69, 9.17) is 9.84 Å². The summed E-state index contributed by atoms with van der Waals surface area (Å²) in [5, 5.41) is 11.3. The van der Waals surface area contributed by atoms with Gasteiger partial charge >= 0.3 is 5.97 Å². The third-order valence-electron chi connectivity index (χ3n) is 2.70. The van der Waals surface area contributed by atoms with Gasteiger partial charge in [0.1, 0.15) is 0 Å². The summed E-state index contributed by atoms with van der Waals surface area (Å²) in [4.78, 5) is 26.7. The third kappa shape index (κ3) is 4.67. The minimum atomic E-state index is -0.964. The van der Waals surface area contributed by atoms with Crippen molar-refractivity contribution in [3.63, 3.8) is 0 Å². The molecule has 0 spiro atoms. The second kappa shape index (κ2) is 6.84. The second-order valence-electron chi connectivity index (χ2n) is 4.25. The fourth-order valence-electron chi connectivity index (χ4n) is 1.66. The standard InChI is InChI=1S/C13H18N2O4/c1-8-4-5-11(9(2)15-8)13(18)14-7-10(19-3)6-12(16)17/h4-5,10H,6-7H2,1-3H3,(H,14,18)(H,16,17). The fraction of sp³-hybridized carbons (Fsp3) is 0.462. The predicted octanol–water partition coefficient (Wildman–Crippen LogP) is 0.918. The van der Waals surface area contributed by atoms with Crippen molar-refractivity contribution in [2.24, 2.45) is 0 Å². The summed E-state index contributed by atoms with van der Waals surface area (Å²) < 4.78 is 4.99. The number of carboxylic acid groups (broad SMARTS) is 1. The first-order valence-corrected chi connectivity index (χ1v) is 5.91. The zero-order valence-corrected chi connectivity index (χ0v) is 11.3. The molecule has 1 amide bonds. The van der Waals surface area contributed by atoms with Crippen LogP contribution in [0.5, 0.6) is 0 Å². The summed E-state index contributed by atoms with van der Waals surface area (Å²) in [6.07, 6.45) is -0.692. The molecule has 1 unspecified atom stereocenters. The van der Waals surface area contributed by atoms with Gasteiger partial charge in [-0.25, -0.2) is 0 Å². The molecule has 0 radical (unpaired) electrons. The summed E-state index contributed by atoms with van der Waals surface area (Å²) >= 11 is 0. The highest BCUT2D eigenvalue weighted by Crippen LogP contribution is 2.06. The number of carboxylic acids is 1. The van der Waals surface area contributed by atoms with Crippen LogP contribution < -0.4 is 5.32 Å². The molecule has 104 valence electrons. The van der Waals surface area contributed by atoms with Crippen LogP contribution in [0.3, 0.4) is 0 Å². The smallest absolute Gasteiger partial charge is 0.306 e. The van der Waals surface area contributed by atoms with E-state index in [2.05, 4.69) is 10.3 Å². The van der Waals surface area contributed by atoms with Crippen LogP contribution >= 0.6 is 0 Å². The SMILES string of the molecule is COC(CNC(=O)c1ccc(C)nc1C)CC(=O)O. The first-order chi connectivity index (χ1) is 8.93. The molecule has 1 rings (SSSR count). The largest absolute Gasteiger partial charge is 0.481 e. The van der Waals surface area contributed by atoms with Crippen molar-refractivity contribution in [1.29, 1.82) is 0 Å². The molecule has 6 nitrogen and oxygen atoms in total. The maximum Gasteiger partial charge on any atom is 0.306 e. The molecule has 0 bridgehead atoms. The molecule has 0 aliphatic carbocycles. The van der Waals surface area contributed by atoms with Crippen LogP contribution in [0.4, 0.5) is 0 Å². The molecular weight excluding hydrogens is 248 g/mol. The number of hydrogen-bond acceptors (Lipinski definition) is 4. The summed E-state index contributed by atoms with van der Waals surface area (Å²) in [7, 11) is 1.42. The van der Waals surface area contributed by atoms with E-state index in [0.717, 1.165) is 5.69 Å². The van der Waals surface area contributed by atoms with E-state index in [9.17, 15) is 9.59 Å². The highest BCUT2D eigenvalue weighted by atomic mass is 16.5. The van der Waals surface area contributed by atoms with Gasteiger partial charge in [0.15, 0.2) is 0 Å². The van der Waals surface area contributed by atoms with E-state index >= 15 is 0 Å². The highest BCUT2D eigenvalue weighted by Gasteiger charge is 2.15. The van der Waals surface area contributed by atoms with Crippen molar-refractivity contribution >= 4 is 11.9 Å². The number of ether oxygens (including phenoxy) is 1. The Balaban J connectivity index is 2.61. The monoisotopic (exact) mass is 266 g/mol. The van der Waals surface area contributed by atoms with Crippen LogP contribution in [-0.2, 0) is 9.53 Å². The maximum atomic E-state index is 11.9. The zero-order valence-electron chi connectivity index (χ0n) is 11.3. The lowest BCUT2D eigenvalue weighted by molar-refractivity contribution is -0.139. The Kier molecular flexibility index (Phi) is 5.44. The lowest BCUT2D eigenvalue weighted by Gasteiger charge is -2.14. The predicted molar refractivity (Wildman–Crippen MR) is 69.1 cm³/mol. The van der Waals surface area contributed by atoms with Crippen molar-refractivity contribution in [3.8, 4) is 0 Å². The first kappa shape index (κ1) is 15.1. The van der Waals surface area contributed by atoms with Gasteiger partial charge in [-0.1, -0.05) is 0 Å². The third-order valence-corrected chi connectivity index (χ3v) is 2.70. The summed E-state index contributed by atoms with van der Waals surface area (Å²) in [6, 6.07) is 3.46. The second-order valence-corrected chi connectivity index (χ2v) is 4.25. The van der Waals surface area contributed by atoms with Gasteiger partial charge < -0.3 is 15.2 Å². The van der Waals surface area contributed by atoms with Crippen LogP contribution in [0.15, 0.2) is 12.1 Å². The van der Waals surface area contributed by atoms with E-state index in [1.807, 2.05) is 6.92 Å². The van der Waals surface area contributed by atoms with E-state index in [-0.39, 0.29) is 18.9 Å². The number of nitrogens with one attached hydrogen (secondary N) is 1. The molecule has 2 N–H and O–H groups in total. The van der Waals surface area contributed by atoms with Gasteiger partial charge in [0, 0.05) is 19.3 Å². The lowest BCUT2D eigenvalue weighted by atomic mass is 10.1. The Morgan fingerprint density at radius 3 is 2.63 bits per heavy atom. The van der Waals surface area contributed by atoms with Gasteiger partial charge in [-0.2, -0.15) is 0 Å². The number of aromatic nitrogens is 1. The fourth-order valence-corrected chi connectivity index (χ4v) is 1.66. The highest BCUT2D eigenvalue weighted by molar-refractivity contribution is 5.95. The quantitative estimate of drug-likeness (QED) is 0.799. The number of carbonyl (C=O) groups is 2. The van der Waals surface area contributed by atoms with Gasteiger partial charge in [0.05, 0.1) is 23.8 Å². The van der Waals surface area contributed by atoms with Gasteiger partial charge in [-0.05, 0) is 26.0 Å². The molecule has 1 aromatic heterocycles. The Hall–Kier alpha value is -1.95. The minimum Gasteiger partial charge on any atom is -0.481 e. The van der Waals surface area contributed by atoms with Crippen molar-refractivity contribution < 1.29 is 19.4 Å². The van der Waals surface area contributed by atoms with E-state index in [0.29, 0.717) is 11.3 Å². The molecule has 0 aliphatic heterocycles. The number of aliphatic carboxylic acids is 1. The van der Waals surface area contributed by atoms with Crippen LogP contribution in [0.25, 0.3) is 0 Å². The van der Waals surface area contributed by atoms with Crippen LogP contribution in [-0.4, -0.2) is 41.7 Å². The maximum absolute atomic E-state index is 11.9. The minimum absolute atomic E-state index is 0.148. The zero-order chi connectivity index (χ0) is 14.4. The van der Waals surface area contributed by atoms with Crippen LogP contribution in [0.2, 0.25) is 0 Å². The van der Waals surface area contributed by atoms with E-state index in [1.54, 1.807) is 19.1 Å². The molecule has 0 fully saturated rings. The molecule has 0 aromatic carbocycles. The van der Waals surface area contributed by atoms with Gasteiger partial charge in [-0.3, -0.25) is 14.6 Å². The number of nitrogens with zero attached hydrogens (tertiary/aromatic N) is 1. The summed E-state index contributed by atoms with van der Waals surface area (Å²) in [5.41, 5.74) is 1.97. The number of methoxy groups -OCH3 is 1. The Morgan fingerprint density at radius 1 is 1.42 bits per heavy atom. The Bertz CT molecular complexity index is 474. The summed E-state index contributed by atoms with van der Waals surface area (Å²) in [6.45, 7) is 3.75. The van der Waals surface area contributed by atoms with E-state index < -0.39 is 12.1 Å². The molecule has 1 aromatic rings. The summed E-state index contributed by atoms with van der Waals surface area (Å²) in [5.74, 6) is -1.24. The average molecular weight is 266 g/mol. The first-order valence-electron chi connectivity index (χ1n) is 5.91. The van der Waals surface area contributed by atoms with Crippen molar-refractivity contribution in [2.75, 3.05) is 13.7 Å². The van der Waals surface area contributed by atoms with Gasteiger partial charge in [0.2, 0.25) is 0 Å². The molecule has 0 aliphatic rings. The van der Waals surface area contributed by atoms with Crippen molar-refractivity contribution in [1.82, 2.24) is 10.3 Å². The normalized spacial score (nSPS) is 11.9. The average Bonchev–Trinajstić information content (AvgIpc) is 2.33. The Morgan fingerprint density at radius 2 is 2.11 bits per heavy atom. The molecule has 19 heavy (non-hydrogen) atoms. The van der Waals surface area contributed by atoms with E-state index in [1.165, 1.54) is 7.11 Å². The number of hydrogen-bond donors (Lipinski definition) is 2. The molecule has 0 saturated carbocycles. The molecule has 1 heterocycles. The van der Waals surface area contributed by atoms with Crippen LogP contribution in [0.1, 0.15) is 28.2 Å². The topological polar surface area (TPSA) is 88.5 Å². The number of aryl methyl sites for hydroxylation is 2. The number of carbonyl (C=O) groups excluding carboxylic acids is 1. The van der Waals surface area contributed by atoms with Crippen molar-refractivity contribution in [3.05, 3.63) is 29.1 Å². The Labute approximate surface area is 111 Å². The molecular formula is C13H18N2O4. The molecule has 6 heteroatoms.